The van der Waals surface area contributed by atoms with Crippen molar-refractivity contribution in [3.8, 4) is 0 Å². The minimum absolute atomic E-state index is 0.222. The van der Waals surface area contributed by atoms with Crippen LogP contribution in [0, 0.1) is 0 Å². The van der Waals surface area contributed by atoms with Crippen LogP contribution in [0.4, 0.5) is 57.1 Å². The van der Waals surface area contributed by atoms with E-state index in [1.807, 2.05) is 18.7 Å². The van der Waals surface area contributed by atoms with Gasteiger partial charge in [0.1, 0.15) is 6.54 Å². The van der Waals surface area contributed by atoms with E-state index in [1.165, 1.54) is 0 Å². The van der Waals surface area contributed by atoms with Crippen LogP contribution in [0.2, 0.25) is 0 Å². The molecule has 38 heavy (non-hydrogen) atoms. The molecule has 0 saturated heterocycles. The first-order chi connectivity index (χ1) is 17.1. The van der Waals surface area contributed by atoms with Gasteiger partial charge in [0.25, 0.3) is 0 Å². The molecule has 0 unspecified atom stereocenters. The van der Waals surface area contributed by atoms with Gasteiger partial charge in [-0.25, -0.2) is 4.68 Å². The zero-order valence-corrected chi connectivity index (χ0v) is 19.8. The highest BCUT2D eigenvalue weighted by Crippen LogP contribution is 2.60. The summed E-state index contributed by atoms with van der Waals surface area (Å²) in [6.45, 7) is 5.73. The average molecular weight is 585 g/mol. The molecule has 0 radical (unpaired) electrons. The molecule has 0 saturated carbocycles. The normalized spacial score (nSPS) is 14.3. The summed E-state index contributed by atoms with van der Waals surface area (Å²) in [6, 6.07) is 0. The molecule has 1 aromatic rings. The van der Waals surface area contributed by atoms with Gasteiger partial charge in [-0.2, -0.15) is 57.1 Å². The third-order valence-corrected chi connectivity index (χ3v) is 5.46. The number of carbonyl (C=O) groups is 1. The molecule has 0 aromatic carbocycles. The molecule has 222 valence electrons. The number of rotatable bonds is 15. The van der Waals surface area contributed by atoms with E-state index in [9.17, 15) is 61.9 Å². The number of hydrogen-bond acceptors (Lipinski definition) is 4. The first kappa shape index (κ1) is 33.7. The van der Waals surface area contributed by atoms with Crippen LogP contribution in [0.5, 0.6) is 0 Å². The highest BCUT2D eigenvalue weighted by atomic mass is 19.4. The Balaban J connectivity index is 2.80. The van der Waals surface area contributed by atoms with Crippen molar-refractivity contribution in [1.82, 2.24) is 25.2 Å². The Hall–Kier alpha value is -2.34. The lowest BCUT2D eigenvalue weighted by molar-refractivity contribution is -0.440. The van der Waals surface area contributed by atoms with E-state index in [4.69, 9.17) is 0 Å². The summed E-state index contributed by atoms with van der Waals surface area (Å²) < 4.78 is 172. The van der Waals surface area contributed by atoms with Crippen LogP contribution in [-0.2, 0) is 17.8 Å². The maximum Gasteiger partial charge on any atom is 0.460 e. The van der Waals surface area contributed by atoms with Crippen LogP contribution in [0.25, 0.3) is 0 Å². The van der Waals surface area contributed by atoms with E-state index in [-0.39, 0.29) is 12.2 Å². The number of carbonyl (C=O) groups excluding carboxylic acids is 1. The second-order valence-electron chi connectivity index (χ2n) is 8.14. The van der Waals surface area contributed by atoms with Gasteiger partial charge in [-0.3, -0.25) is 4.79 Å². The number of aromatic nitrogens is 3. The number of nitrogens with one attached hydrogen (secondary N) is 1. The summed E-state index contributed by atoms with van der Waals surface area (Å²) in [5, 5.41) is 9.46. The summed E-state index contributed by atoms with van der Waals surface area (Å²) in [5.41, 5.74) is -0.222. The minimum atomic E-state index is -7.92. The van der Waals surface area contributed by atoms with Crippen LogP contribution in [0.3, 0.4) is 0 Å². The van der Waals surface area contributed by atoms with Crippen molar-refractivity contribution < 1.29 is 61.9 Å². The van der Waals surface area contributed by atoms with Crippen molar-refractivity contribution >= 4 is 5.91 Å². The fourth-order valence-electron chi connectivity index (χ4n) is 3.08. The molecule has 1 heterocycles. The smallest absolute Gasteiger partial charge is 0.353 e. The van der Waals surface area contributed by atoms with Crippen LogP contribution >= 0.6 is 0 Å². The lowest BCUT2D eigenvalue weighted by Gasteiger charge is -2.39. The molecular formula is C19H24F13N5O. The van der Waals surface area contributed by atoms with Gasteiger partial charge >= 0.3 is 35.8 Å². The van der Waals surface area contributed by atoms with Crippen molar-refractivity contribution in [2.24, 2.45) is 0 Å². The molecule has 0 bridgehead atoms. The van der Waals surface area contributed by atoms with E-state index in [0.29, 0.717) is 6.54 Å². The Morgan fingerprint density at radius 2 is 1.39 bits per heavy atom. The molecule has 0 spiro atoms. The first-order valence-electron chi connectivity index (χ1n) is 10.9. The Bertz CT molecular complexity index is 913. The molecule has 0 aliphatic carbocycles. The number of hydrogen-bond donors (Lipinski definition) is 1. The highest BCUT2D eigenvalue weighted by molar-refractivity contribution is 5.75. The Morgan fingerprint density at radius 1 is 0.868 bits per heavy atom. The lowest BCUT2D eigenvalue weighted by Crippen LogP contribution is -2.70. The Labute approximate surface area is 207 Å². The summed E-state index contributed by atoms with van der Waals surface area (Å²) in [7, 11) is 0. The summed E-state index contributed by atoms with van der Waals surface area (Å²) in [5.74, 6) is -37.4. The topological polar surface area (TPSA) is 63.1 Å². The Morgan fingerprint density at radius 3 is 1.89 bits per heavy atom. The van der Waals surface area contributed by atoms with Gasteiger partial charge in [-0.15, -0.1) is 5.10 Å². The zero-order valence-electron chi connectivity index (χ0n) is 19.8. The van der Waals surface area contributed by atoms with Crippen molar-refractivity contribution in [3.05, 3.63) is 11.9 Å². The number of amides is 1. The maximum atomic E-state index is 13.8. The number of aryl methyl sites for hydroxylation is 1. The number of alkyl halides is 13. The third kappa shape index (κ3) is 6.80. The molecule has 0 atom stereocenters. The SMILES string of the molecule is CCN(CC)CCNC(=O)Cn1cc(CCCC(F)(F)C(F)(F)C(F)(F)C(F)(F)C(F)(F)C(F)(F)F)nn1. The molecule has 6 nitrogen and oxygen atoms in total. The van der Waals surface area contributed by atoms with Gasteiger partial charge in [0, 0.05) is 25.7 Å². The van der Waals surface area contributed by atoms with E-state index in [2.05, 4.69) is 15.6 Å². The van der Waals surface area contributed by atoms with Gasteiger partial charge in [0.05, 0.1) is 5.69 Å². The van der Waals surface area contributed by atoms with Crippen LogP contribution in [0.1, 0.15) is 32.4 Å². The van der Waals surface area contributed by atoms with Crippen molar-refractivity contribution in [1.29, 1.82) is 0 Å². The van der Waals surface area contributed by atoms with E-state index in [1.54, 1.807) is 0 Å². The molecule has 1 N–H and O–H groups in total. The fraction of sp³-hybridized carbons (Fsp3) is 0.842. The van der Waals surface area contributed by atoms with Gasteiger partial charge in [-0.05, 0) is 25.9 Å². The molecule has 1 amide bonds. The third-order valence-electron chi connectivity index (χ3n) is 5.46. The second kappa shape index (κ2) is 11.8. The van der Waals surface area contributed by atoms with Crippen molar-refractivity contribution in [2.75, 3.05) is 26.2 Å². The highest BCUT2D eigenvalue weighted by Gasteiger charge is 2.90. The molecule has 19 heteroatoms. The summed E-state index contributed by atoms with van der Waals surface area (Å²) >= 11 is 0. The van der Waals surface area contributed by atoms with E-state index < -0.39 is 67.5 Å². The quantitative estimate of drug-likeness (QED) is 0.301. The van der Waals surface area contributed by atoms with Gasteiger partial charge in [0.2, 0.25) is 5.91 Å². The Kier molecular flexibility index (Phi) is 10.5. The van der Waals surface area contributed by atoms with Gasteiger partial charge < -0.3 is 10.2 Å². The van der Waals surface area contributed by atoms with E-state index in [0.717, 1.165) is 24.0 Å². The summed E-state index contributed by atoms with van der Waals surface area (Å²) in [6.07, 6.45) is -10.6. The molecule has 0 aliphatic heterocycles. The molecule has 0 fully saturated rings. The standard InChI is InChI=1S/C19H24F13N5O/c1-3-36(4-2)9-8-33-13(38)11-37-10-12(34-35-37)6-5-7-14(20,21)15(22,23)16(24,25)17(26,27)18(28,29)19(30,31)32/h10H,3-9,11H2,1-2H3,(H,33,38). The van der Waals surface area contributed by atoms with Crippen LogP contribution in [-0.4, -0.2) is 87.8 Å². The van der Waals surface area contributed by atoms with Gasteiger partial charge in [0.15, 0.2) is 0 Å². The maximum absolute atomic E-state index is 13.8. The van der Waals surface area contributed by atoms with E-state index >= 15 is 0 Å². The van der Waals surface area contributed by atoms with Crippen LogP contribution < -0.4 is 5.32 Å². The summed E-state index contributed by atoms with van der Waals surface area (Å²) in [4.78, 5) is 13.9. The number of halogens is 13. The molecule has 1 aromatic heterocycles. The average Bonchev–Trinajstić information content (AvgIpc) is 3.22. The van der Waals surface area contributed by atoms with Crippen LogP contribution in [0.15, 0.2) is 6.20 Å². The van der Waals surface area contributed by atoms with Crippen molar-refractivity contribution in [3.63, 3.8) is 0 Å². The molecule has 0 aliphatic rings. The predicted octanol–water partition coefficient (Wildman–Crippen LogP) is 4.80. The fourth-order valence-corrected chi connectivity index (χ4v) is 3.08. The van der Waals surface area contributed by atoms with Gasteiger partial charge in [-0.1, -0.05) is 19.1 Å². The molecular weight excluding hydrogens is 561 g/mol. The predicted molar refractivity (Wildman–Crippen MR) is 105 cm³/mol. The number of nitrogens with zero attached hydrogens (tertiary/aromatic N) is 4. The minimum Gasteiger partial charge on any atom is -0.353 e. The number of likely N-dealkylation sites (N-methyl/N-ethyl adjacent to an activating group) is 1. The second-order valence-corrected chi connectivity index (χ2v) is 8.14. The lowest BCUT2D eigenvalue weighted by atomic mass is 9.91. The monoisotopic (exact) mass is 585 g/mol. The molecule has 1 rings (SSSR count). The first-order valence-corrected chi connectivity index (χ1v) is 10.9. The zero-order chi connectivity index (χ0) is 29.8. The van der Waals surface area contributed by atoms with Crippen molar-refractivity contribution in [2.45, 2.75) is 75.4 Å². The largest absolute Gasteiger partial charge is 0.460 e.